The summed E-state index contributed by atoms with van der Waals surface area (Å²) in [5.41, 5.74) is 6.47. The number of nitrogens with zero attached hydrogens (tertiary/aromatic N) is 1. The van der Waals surface area contributed by atoms with E-state index in [9.17, 15) is 14.0 Å². The maximum absolute atomic E-state index is 12.9. The number of anilines is 1. The molecule has 1 aliphatic heterocycles. The average molecular weight is 265 g/mol. The van der Waals surface area contributed by atoms with E-state index in [1.807, 2.05) is 6.92 Å². The van der Waals surface area contributed by atoms with Crippen LogP contribution in [0.15, 0.2) is 18.2 Å². The molecule has 3 N–H and O–H groups in total. The summed E-state index contributed by atoms with van der Waals surface area (Å²) in [4.78, 5) is 24.9. The van der Waals surface area contributed by atoms with Crippen LogP contribution in [0.2, 0.25) is 0 Å². The van der Waals surface area contributed by atoms with Crippen LogP contribution in [0.25, 0.3) is 0 Å². The number of imide groups is 1. The number of halogens is 1. The van der Waals surface area contributed by atoms with Crippen molar-refractivity contribution < 1.29 is 14.0 Å². The fourth-order valence-electron chi connectivity index (χ4n) is 2.09. The highest BCUT2D eigenvalue weighted by atomic mass is 19.1. The molecule has 0 spiro atoms. The Morgan fingerprint density at radius 3 is 2.79 bits per heavy atom. The van der Waals surface area contributed by atoms with Crippen molar-refractivity contribution >= 4 is 17.6 Å². The molecule has 1 aromatic carbocycles. The lowest BCUT2D eigenvalue weighted by atomic mass is 10.1. The second-order valence-corrected chi connectivity index (χ2v) is 4.56. The molecular weight excluding hydrogens is 249 g/mol. The van der Waals surface area contributed by atoms with Crippen LogP contribution in [-0.4, -0.2) is 22.9 Å². The number of rotatable bonds is 4. The van der Waals surface area contributed by atoms with Gasteiger partial charge in [-0.05, 0) is 24.1 Å². The zero-order valence-corrected chi connectivity index (χ0v) is 10.6. The van der Waals surface area contributed by atoms with Gasteiger partial charge in [0, 0.05) is 5.69 Å². The number of nitrogen functional groups attached to an aromatic ring is 1. The fourth-order valence-corrected chi connectivity index (χ4v) is 2.09. The van der Waals surface area contributed by atoms with E-state index in [1.165, 1.54) is 18.2 Å². The zero-order valence-electron chi connectivity index (χ0n) is 10.6. The molecule has 0 aliphatic carbocycles. The van der Waals surface area contributed by atoms with Gasteiger partial charge in [-0.2, -0.15) is 0 Å². The van der Waals surface area contributed by atoms with Crippen LogP contribution >= 0.6 is 0 Å². The molecule has 1 heterocycles. The maximum atomic E-state index is 12.9. The number of carbonyl (C=O) groups is 2. The summed E-state index contributed by atoms with van der Waals surface area (Å²) in [6, 6.07) is 3.04. The van der Waals surface area contributed by atoms with Crippen molar-refractivity contribution in [2.45, 2.75) is 32.4 Å². The fraction of sp³-hybridized carbons (Fsp3) is 0.385. The van der Waals surface area contributed by atoms with E-state index in [2.05, 4.69) is 5.32 Å². The molecule has 1 aliphatic rings. The Morgan fingerprint density at radius 1 is 1.42 bits per heavy atom. The first kappa shape index (κ1) is 13.3. The normalized spacial score (nSPS) is 18.8. The molecule has 2 rings (SSSR count). The summed E-state index contributed by atoms with van der Waals surface area (Å²) in [5.74, 6) is -0.696. The Labute approximate surface area is 110 Å². The summed E-state index contributed by atoms with van der Waals surface area (Å²) < 4.78 is 12.9. The van der Waals surface area contributed by atoms with Crippen molar-refractivity contribution in [1.82, 2.24) is 10.2 Å². The van der Waals surface area contributed by atoms with Crippen LogP contribution in [0.4, 0.5) is 14.9 Å². The SMILES string of the molecule is CCCC1NC(=O)N(Cc2ccc(F)cc2N)C1=O. The third-order valence-electron chi connectivity index (χ3n) is 3.12. The molecule has 0 aromatic heterocycles. The van der Waals surface area contributed by atoms with Crippen LogP contribution < -0.4 is 11.1 Å². The van der Waals surface area contributed by atoms with E-state index in [-0.39, 0.29) is 18.1 Å². The number of nitrogens with two attached hydrogens (primary N) is 1. The molecule has 0 saturated carbocycles. The molecule has 1 fully saturated rings. The molecule has 1 unspecified atom stereocenters. The molecule has 1 aromatic rings. The van der Waals surface area contributed by atoms with Crippen LogP contribution in [0.3, 0.4) is 0 Å². The average Bonchev–Trinajstić information content (AvgIpc) is 2.60. The van der Waals surface area contributed by atoms with E-state index in [4.69, 9.17) is 5.73 Å². The summed E-state index contributed by atoms with van der Waals surface area (Å²) in [7, 11) is 0. The van der Waals surface area contributed by atoms with Gasteiger partial charge in [-0.25, -0.2) is 9.18 Å². The Bertz CT molecular complexity index is 519. The summed E-state index contributed by atoms with van der Waals surface area (Å²) in [6.45, 7) is 2.01. The van der Waals surface area contributed by atoms with Crippen LogP contribution in [0.5, 0.6) is 0 Å². The van der Waals surface area contributed by atoms with Gasteiger partial charge in [-0.1, -0.05) is 19.4 Å². The van der Waals surface area contributed by atoms with Crippen LogP contribution in [0, 0.1) is 5.82 Å². The summed E-state index contributed by atoms with van der Waals surface area (Å²) in [6.07, 6.45) is 1.42. The molecular formula is C13H16FN3O2. The van der Waals surface area contributed by atoms with Gasteiger partial charge in [0.2, 0.25) is 0 Å². The first-order valence-corrected chi connectivity index (χ1v) is 6.18. The lowest BCUT2D eigenvalue weighted by molar-refractivity contribution is -0.128. The summed E-state index contributed by atoms with van der Waals surface area (Å²) in [5, 5.41) is 2.63. The van der Waals surface area contributed by atoms with Crippen molar-refractivity contribution in [2.75, 3.05) is 5.73 Å². The quantitative estimate of drug-likeness (QED) is 0.641. The largest absolute Gasteiger partial charge is 0.398 e. The Balaban J connectivity index is 2.14. The molecule has 3 amide bonds. The van der Waals surface area contributed by atoms with Gasteiger partial charge < -0.3 is 11.1 Å². The predicted molar refractivity (Wildman–Crippen MR) is 68.6 cm³/mol. The standard InChI is InChI=1S/C13H16FN3O2/c1-2-3-11-12(18)17(13(19)16-11)7-8-4-5-9(14)6-10(8)15/h4-6,11H,2-3,7,15H2,1H3,(H,16,19). The smallest absolute Gasteiger partial charge is 0.325 e. The number of nitrogens with one attached hydrogen (secondary N) is 1. The van der Waals surface area contributed by atoms with Gasteiger partial charge in [0.15, 0.2) is 0 Å². The van der Waals surface area contributed by atoms with Gasteiger partial charge >= 0.3 is 6.03 Å². The van der Waals surface area contributed by atoms with Gasteiger partial charge in [0.05, 0.1) is 6.54 Å². The highest BCUT2D eigenvalue weighted by molar-refractivity contribution is 6.04. The Hall–Kier alpha value is -2.11. The zero-order chi connectivity index (χ0) is 14.0. The Kier molecular flexibility index (Phi) is 3.69. The number of benzene rings is 1. The van der Waals surface area contributed by atoms with Gasteiger partial charge in [0.1, 0.15) is 11.9 Å². The van der Waals surface area contributed by atoms with E-state index < -0.39 is 17.9 Å². The number of carbonyl (C=O) groups excluding carboxylic acids is 2. The van der Waals surface area contributed by atoms with E-state index >= 15 is 0 Å². The first-order valence-electron chi connectivity index (χ1n) is 6.18. The Morgan fingerprint density at radius 2 is 2.16 bits per heavy atom. The van der Waals surface area contributed by atoms with Crippen molar-refractivity contribution in [1.29, 1.82) is 0 Å². The second-order valence-electron chi connectivity index (χ2n) is 4.56. The molecule has 6 heteroatoms. The third-order valence-corrected chi connectivity index (χ3v) is 3.12. The monoisotopic (exact) mass is 265 g/mol. The minimum atomic E-state index is -0.459. The highest BCUT2D eigenvalue weighted by Crippen LogP contribution is 2.19. The maximum Gasteiger partial charge on any atom is 0.325 e. The third kappa shape index (κ3) is 2.67. The molecule has 19 heavy (non-hydrogen) atoms. The van der Waals surface area contributed by atoms with Gasteiger partial charge in [0.25, 0.3) is 5.91 Å². The topological polar surface area (TPSA) is 75.4 Å². The number of hydrogen-bond acceptors (Lipinski definition) is 3. The van der Waals surface area contributed by atoms with Crippen molar-refractivity contribution in [3.8, 4) is 0 Å². The minimum Gasteiger partial charge on any atom is -0.398 e. The molecule has 0 bridgehead atoms. The van der Waals surface area contributed by atoms with E-state index in [0.29, 0.717) is 12.0 Å². The number of urea groups is 1. The first-order chi connectivity index (χ1) is 9.02. The molecule has 1 atom stereocenters. The van der Waals surface area contributed by atoms with Crippen molar-refractivity contribution in [3.05, 3.63) is 29.6 Å². The molecule has 0 radical (unpaired) electrons. The van der Waals surface area contributed by atoms with E-state index in [0.717, 1.165) is 11.3 Å². The predicted octanol–water partition coefficient (Wildman–Crippen LogP) is 1.63. The van der Waals surface area contributed by atoms with Gasteiger partial charge in [-0.3, -0.25) is 9.69 Å². The second kappa shape index (κ2) is 5.26. The molecule has 102 valence electrons. The molecule has 5 nitrogen and oxygen atoms in total. The number of amides is 3. The van der Waals surface area contributed by atoms with E-state index in [1.54, 1.807) is 0 Å². The minimum absolute atomic E-state index is 0.0665. The lowest BCUT2D eigenvalue weighted by Gasteiger charge is -2.14. The lowest BCUT2D eigenvalue weighted by Crippen LogP contribution is -2.31. The summed E-state index contributed by atoms with van der Waals surface area (Å²) >= 11 is 0. The number of hydrogen-bond donors (Lipinski definition) is 2. The van der Waals surface area contributed by atoms with Gasteiger partial charge in [-0.15, -0.1) is 0 Å². The van der Waals surface area contributed by atoms with Crippen LogP contribution in [0.1, 0.15) is 25.3 Å². The van der Waals surface area contributed by atoms with Crippen LogP contribution in [-0.2, 0) is 11.3 Å². The van der Waals surface area contributed by atoms with Crippen molar-refractivity contribution in [3.63, 3.8) is 0 Å². The molecule has 1 saturated heterocycles. The highest BCUT2D eigenvalue weighted by Gasteiger charge is 2.37. The van der Waals surface area contributed by atoms with Crippen molar-refractivity contribution in [2.24, 2.45) is 0 Å².